The summed E-state index contributed by atoms with van der Waals surface area (Å²) in [5.41, 5.74) is 2.02. The van der Waals surface area contributed by atoms with Crippen LogP contribution in [0.15, 0.2) is 30.3 Å². The Morgan fingerprint density at radius 1 is 1.15 bits per heavy atom. The predicted octanol–water partition coefficient (Wildman–Crippen LogP) is 2.31. The van der Waals surface area contributed by atoms with E-state index in [1.807, 2.05) is 36.1 Å². The van der Waals surface area contributed by atoms with E-state index in [4.69, 9.17) is 4.74 Å². The zero-order valence-electron chi connectivity index (χ0n) is 15.5. The summed E-state index contributed by atoms with van der Waals surface area (Å²) in [6.45, 7) is 8.31. The Kier molecular flexibility index (Phi) is 5.68. The fraction of sp³-hybridized carbons (Fsp3) is 0.421. The molecule has 0 radical (unpaired) electrons. The number of aromatic nitrogens is 2. The number of hydrogen-bond acceptors (Lipinski definition) is 6. The summed E-state index contributed by atoms with van der Waals surface area (Å²) in [5.74, 6) is 1.16. The third kappa shape index (κ3) is 4.29. The first-order valence-corrected chi connectivity index (χ1v) is 8.87. The minimum atomic E-state index is -0.0379. The molecule has 0 atom stereocenters. The highest BCUT2D eigenvalue weighted by Gasteiger charge is 2.23. The van der Waals surface area contributed by atoms with Gasteiger partial charge in [0.1, 0.15) is 11.4 Å². The molecule has 7 nitrogen and oxygen atoms in total. The third-order valence-electron chi connectivity index (χ3n) is 4.53. The summed E-state index contributed by atoms with van der Waals surface area (Å²) < 4.78 is 5.16. The molecule has 1 aliphatic rings. The number of carbonyl (C=O) groups excluding carboxylic acids is 1. The van der Waals surface area contributed by atoms with Gasteiger partial charge in [-0.15, -0.1) is 0 Å². The molecule has 1 aromatic carbocycles. The van der Waals surface area contributed by atoms with E-state index in [2.05, 4.69) is 27.1 Å². The normalized spacial score (nSPS) is 15.0. The van der Waals surface area contributed by atoms with Crippen molar-refractivity contribution < 1.29 is 9.53 Å². The Morgan fingerprint density at radius 2 is 1.85 bits per heavy atom. The van der Waals surface area contributed by atoms with Gasteiger partial charge in [-0.05, 0) is 43.8 Å². The van der Waals surface area contributed by atoms with Crippen molar-refractivity contribution in [3.63, 3.8) is 0 Å². The second-order valence-electron chi connectivity index (χ2n) is 6.30. The molecule has 1 aliphatic heterocycles. The maximum Gasteiger partial charge on any atom is 0.272 e. The minimum absolute atomic E-state index is 0.0379. The van der Waals surface area contributed by atoms with E-state index >= 15 is 0 Å². The number of nitrogens with zero attached hydrogens (tertiary/aromatic N) is 4. The van der Waals surface area contributed by atoms with E-state index in [0.29, 0.717) is 11.6 Å². The third-order valence-corrected chi connectivity index (χ3v) is 4.53. The Hall–Kier alpha value is -2.67. The highest BCUT2D eigenvalue weighted by atomic mass is 16.5. The maximum atomic E-state index is 12.8. The van der Waals surface area contributed by atoms with Crippen molar-refractivity contribution in [1.82, 2.24) is 19.8 Å². The topological polar surface area (TPSA) is 70.6 Å². The Labute approximate surface area is 154 Å². The lowest BCUT2D eigenvalue weighted by Crippen LogP contribution is -2.48. The van der Waals surface area contributed by atoms with Crippen LogP contribution in [0.4, 0.5) is 11.6 Å². The highest BCUT2D eigenvalue weighted by molar-refractivity contribution is 5.92. The molecule has 0 unspecified atom stereocenters. The summed E-state index contributed by atoms with van der Waals surface area (Å²) in [4.78, 5) is 25.8. The van der Waals surface area contributed by atoms with Gasteiger partial charge in [-0.2, -0.15) is 0 Å². The molecule has 1 N–H and O–H groups in total. The zero-order chi connectivity index (χ0) is 18.5. The zero-order valence-corrected chi connectivity index (χ0v) is 15.5. The number of amides is 1. The van der Waals surface area contributed by atoms with E-state index in [9.17, 15) is 4.79 Å². The van der Waals surface area contributed by atoms with Crippen LogP contribution in [0.2, 0.25) is 0 Å². The van der Waals surface area contributed by atoms with E-state index in [1.54, 1.807) is 13.2 Å². The van der Waals surface area contributed by atoms with Crippen molar-refractivity contribution >= 4 is 17.5 Å². The number of rotatable bonds is 5. The van der Waals surface area contributed by atoms with E-state index < -0.39 is 0 Å². The average molecular weight is 355 g/mol. The maximum absolute atomic E-state index is 12.8. The molecule has 3 rings (SSSR count). The fourth-order valence-corrected chi connectivity index (χ4v) is 2.97. The van der Waals surface area contributed by atoms with Gasteiger partial charge in [0.15, 0.2) is 0 Å². The van der Waals surface area contributed by atoms with Crippen LogP contribution in [0.3, 0.4) is 0 Å². The van der Waals surface area contributed by atoms with Crippen molar-refractivity contribution in [1.29, 1.82) is 0 Å². The monoisotopic (exact) mass is 355 g/mol. The summed E-state index contributed by atoms with van der Waals surface area (Å²) in [7, 11) is 1.63. The largest absolute Gasteiger partial charge is 0.497 e. The first-order valence-electron chi connectivity index (χ1n) is 8.87. The number of methoxy groups -OCH3 is 1. The van der Waals surface area contributed by atoms with Gasteiger partial charge in [0.05, 0.1) is 7.11 Å². The number of benzene rings is 1. The molecule has 138 valence electrons. The predicted molar refractivity (Wildman–Crippen MR) is 101 cm³/mol. The molecule has 1 fully saturated rings. The first kappa shape index (κ1) is 18.1. The molecular formula is C19H25N5O2. The number of hydrogen-bond donors (Lipinski definition) is 1. The van der Waals surface area contributed by atoms with Crippen LogP contribution in [-0.4, -0.2) is 65.5 Å². The molecule has 1 amide bonds. The van der Waals surface area contributed by atoms with Gasteiger partial charge in [-0.3, -0.25) is 4.79 Å². The molecule has 0 aliphatic carbocycles. The summed E-state index contributed by atoms with van der Waals surface area (Å²) in [6.07, 6.45) is 0. The van der Waals surface area contributed by atoms with Crippen LogP contribution in [0, 0.1) is 6.92 Å². The van der Waals surface area contributed by atoms with E-state index in [-0.39, 0.29) is 5.91 Å². The van der Waals surface area contributed by atoms with Crippen LogP contribution in [0.1, 0.15) is 23.1 Å². The number of piperazine rings is 1. The molecule has 0 spiro atoms. The SMILES string of the molecule is CCN1CCN(C(=O)c2cc(C)nc(Nc3ccc(OC)cc3)n2)CC1. The lowest BCUT2D eigenvalue weighted by molar-refractivity contribution is 0.0637. The van der Waals surface area contributed by atoms with Gasteiger partial charge in [0.25, 0.3) is 5.91 Å². The molecule has 0 saturated carbocycles. The van der Waals surface area contributed by atoms with Crippen LogP contribution in [0.5, 0.6) is 5.75 Å². The molecule has 1 saturated heterocycles. The van der Waals surface area contributed by atoms with Crippen LogP contribution < -0.4 is 10.1 Å². The minimum Gasteiger partial charge on any atom is -0.497 e. The molecule has 7 heteroatoms. The summed E-state index contributed by atoms with van der Waals surface area (Å²) in [5, 5.41) is 3.15. The summed E-state index contributed by atoms with van der Waals surface area (Å²) >= 11 is 0. The molecule has 26 heavy (non-hydrogen) atoms. The van der Waals surface area contributed by atoms with E-state index in [1.165, 1.54) is 0 Å². The van der Waals surface area contributed by atoms with E-state index in [0.717, 1.165) is 49.9 Å². The molecule has 2 aromatic rings. The smallest absolute Gasteiger partial charge is 0.272 e. The number of aryl methyl sites for hydroxylation is 1. The van der Waals surface area contributed by atoms with Gasteiger partial charge in [-0.25, -0.2) is 9.97 Å². The van der Waals surface area contributed by atoms with Crippen molar-refractivity contribution in [2.45, 2.75) is 13.8 Å². The standard InChI is InChI=1S/C19H25N5O2/c1-4-23-9-11-24(12-10-23)18(25)17-13-14(2)20-19(22-17)21-15-5-7-16(26-3)8-6-15/h5-8,13H,4,9-12H2,1-3H3,(H,20,21,22). The number of anilines is 2. The van der Waals surface area contributed by atoms with Crippen molar-refractivity contribution in [2.75, 3.05) is 45.2 Å². The number of carbonyl (C=O) groups is 1. The summed E-state index contributed by atoms with van der Waals surface area (Å²) in [6, 6.07) is 9.23. The highest BCUT2D eigenvalue weighted by Crippen LogP contribution is 2.19. The first-order chi connectivity index (χ1) is 12.6. The second kappa shape index (κ2) is 8.14. The molecule has 2 heterocycles. The van der Waals surface area contributed by atoms with Gasteiger partial charge in [-0.1, -0.05) is 6.92 Å². The number of ether oxygens (including phenoxy) is 1. The Balaban J connectivity index is 1.73. The van der Waals surface area contributed by atoms with Gasteiger partial charge < -0.3 is 19.9 Å². The average Bonchev–Trinajstić information content (AvgIpc) is 2.67. The van der Waals surface area contributed by atoms with Gasteiger partial charge in [0, 0.05) is 37.6 Å². The van der Waals surface area contributed by atoms with Crippen molar-refractivity contribution in [3.8, 4) is 5.75 Å². The van der Waals surface area contributed by atoms with Crippen LogP contribution >= 0.6 is 0 Å². The molecule has 1 aromatic heterocycles. The van der Waals surface area contributed by atoms with Crippen LogP contribution in [-0.2, 0) is 0 Å². The molecule has 0 bridgehead atoms. The number of likely N-dealkylation sites (N-methyl/N-ethyl adjacent to an activating group) is 1. The Bertz CT molecular complexity index is 755. The van der Waals surface area contributed by atoms with Crippen molar-refractivity contribution in [3.05, 3.63) is 41.7 Å². The van der Waals surface area contributed by atoms with Crippen LogP contribution in [0.25, 0.3) is 0 Å². The quantitative estimate of drug-likeness (QED) is 0.888. The lowest BCUT2D eigenvalue weighted by atomic mass is 10.2. The Morgan fingerprint density at radius 3 is 2.46 bits per heavy atom. The second-order valence-corrected chi connectivity index (χ2v) is 6.30. The van der Waals surface area contributed by atoms with Crippen molar-refractivity contribution in [2.24, 2.45) is 0 Å². The lowest BCUT2D eigenvalue weighted by Gasteiger charge is -2.33. The fourth-order valence-electron chi connectivity index (χ4n) is 2.97. The molecular weight excluding hydrogens is 330 g/mol. The van der Waals surface area contributed by atoms with Gasteiger partial charge >= 0.3 is 0 Å². The number of nitrogens with one attached hydrogen (secondary N) is 1. The van der Waals surface area contributed by atoms with Gasteiger partial charge in [0.2, 0.25) is 5.95 Å².